The number of rotatable bonds is 6. The maximum Gasteiger partial charge on any atom is 0.341 e. The molecule has 0 atom stereocenters. The molecule has 6 heteroatoms. The molecule has 134 valence electrons. The number of carbonyl (C=O) groups excluding carboxylic acids is 1. The molecule has 0 saturated heterocycles. The van der Waals surface area contributed by atoms with Crippen molar-refractivity contribution in [1.82, 2.24) is 14.8 Å². The van der Waals surface area contributed by atoms with Gasteiger partial charge in [-0.1, -0.05) is 11.6 Å². The molecule has 4 rings (SSSR count). The number of benzene rings is 1. The molecule has 1 aliphatic rings. The van der Waals surface area contributed by atoms with Crippen LogP contribution in [0.25, 0.3) is 11.3 Å². The summed E-state index contributed by atoms with van der Waals surface area (Å²) in [5.74, 6) is 0.392. The largest absolute Gasteiger partial charge is 0.462 e. The zero-order chi connectivity index (χ0) is 18.1. The number of thiazole rings is 1. The van der Waals surface area contributed by atoms with Gasteiger partial charge in [-0.25, -0.2) is 9.78 Å². The summed E-state index contributed by atoms with van der Waals surface area (Å²) in [7, 11) is 0. The summed E-state index contributed by atoms with van der Waals surface area (Å²) in [4.78, 5) is 16.5. The Balaban J connectivity index is 1.51. The van der Waals surface area contributed by atoms with Crippen molar-refractivity contribution >= 4 is 17.3 Å². The Morgan fingerprint density at radius 2 is 2.19 bits per heavy atom. The molecule has 1 aromatic carbocycles. The molecule has 0 bridgehead atoms. The molecule has 1 fully saturated rings. The van der Waals surface area contributed by atoms with Gasteiger partial charge in [-0.3, -0.25) is 4.68 Å². The van der Waals surface area contributed by atoms with Crippen molar-refractivity contribution in [2.75, 3.05) is 6.61 Å². The van der Waals surface area contributed by atoms with Crippen LogP contribution in [0.5, 0.6) is 0 Å². The van der Waals surface area contributed by atoms with Crippen LogP contribution in [0.4, 0.5) is 0 Å². The van der Waals surface area contributed by atoms with E-state index in [0.717, 1.165) is 16.6 Å². The van der Waals surface area contributed by atoms with Gasteiger partial charge in [0.1, 0.15) is 5.01 Å². The molecule has 1 saturated carbocycles. The monoisotopic (exact) mass is 367 g/mol. The number of ether oxygens (including phenoxy) is 1. The highest BCUT2D eigenvalue weighted by Gasteiger charge is 2.24. The standard InChI is InChI=1S/C20H21N3O2S/c1-3-25-20(24)17-9-21-23(10-17)11-19-22-18(12-26-19)16-7-13(2)6-15(8-16)14-4-5-14/h6-10,12,14H,3-5,11H2,1-2H3. The van der Waals surface area contributed by atoms with Crippen molar-refractivity contribution in [2.24, 2.45) is 0 Å². The van der Waals surface area contributed by atoms with Gasteiger partial charge in [0, 0.05) is 17.1 Å². The average molecular weight is 367 g/mol. The van der Waals surface area contributed by atoms with E-state index in [4.69, 9.17) is 9.72 Å². The minimum absolute atomic E-state index is 0.342. The molecule has 0 amide bonds. The van der Waals surface area contributed by atoms with Crippen LogP contribution in [-0.2, 0) is 11.3 Å². The fourth-order valence-corrected chi connectivity index (χ4v) is 3.83. The zero-order valence-corrected chi connectivity index (χ0v) is 15.8. The van der Waals surface area contributed by atoms with Crippen LogP contribution >= 0.6 is 11.3 Å². The Hall–Kier alpha value is -2.47. The number of carbonyl (C=O) groups is 1. The van der Waals surface area contributed by atoms with E-state index in [2.05, 4.69) is 35.6 Å². The summed E-state index contributed by atoms with van der Waals surface area (Å²) in [6.07, 6.45) is 5.84. The van der Waals surface area contributed by atoms with Crippen molar-refractivity contribution in [3.05, 3.63) is 57.7 Å². The van der Waals surface area contributed by atoms with Gasteiger partial charge in [-0.2, -0.15) is 5.10 Å². The first-order valence-corrected chi connectivity index (χ1v) is 9.76. The first-order valence-electron chi connectivity index (χ1n) is 8.88. The third-order valence-electron chi connectivity index (χ3n) is 4.44. The van der Waals surface area contributed by atoms with Crippen LogP contribution < -0.4 is 0 Å². The number of hydrogen-bond donors (Lipinski definition) is 0. The first-order chi connectivity index (χ1) is 12.6. The van der Waals surface area contributed by atoms with Gasteiger partial charge < -0.3 is 4.74 Å². The van der Waals surface area contributed by atoms with Gasteiger partial charge in [-0.05, 0) is 50.3 Å². The lowest BCUT2D eigenvalue weighted by Crippen LogP contribution is -2.04. The lowest BCUT2D eigenvalue weighted by atomic mass is 10.0. The highest BCUT2D eigenvalue weighted by atomic mass is 32.1. The molecule has 0 aliphatic heterocycles. The van der Waals surface area contributed by atoms with Gasteiger partial charge >= 0.3 is 5.97 Å². The predicted molar refractivity (Wildman–Crippen MR) is 102 cm³/mol. The third-order valence-corrected chi connectivity index (χ3v) is 5.27. The van der Waals surface area contributed by atoms with E-state index in [1.807, 2.05) is 0 Å². The van der Waals surface area contributed by atoms with E-state index in [0.29, 0.717) is 18.7 Å². The summed E-state index contributed by atoms with van der Waals surface area (Å²) in [6, 6.07) is 6.75. The van der Waals surface area contributed by atoms with Gasteiger partial charge in [-0.15, -0.1) is 11.3 Å². The van der Waals surface area contributed by atoms with Crippen LogP contribution in [0.2, 0.25) is 0 Å². The Kier molecular flexibility index (Phi) is 4.59. The normalized spacial score (nSPS) is 13.8. The first kappa shape index (κ1) is 17.0. The summed E-state index contributed by atoms with van der Waals surface area (Å²) in [5.41, 5.74) is 5.37. The van der Waals surface area contributed by atoms with E-state index in [-0.39, 0.29) is 5.97 Å². The molecule has 1 aliphatic carbocycles. The molecule has 0 N–H and O–H groups in total. The van der Waals surface area contributed by atoms with E-state index >= 15 is 0 Å². The van der Waals surface area contributed by atoms with Crippen LogP contribution in [0.1, 0.15) is 52.2 Å². The summed E-state index contributed by atoms with van der Waals surface area (Å²) < 4.78 is 6.72. The number of aromatic nitrogens is 3. The van der Waals surface area contributed by atoms with Crippen molar-refractivity contribution < 1.29 is 9.53 Å². The Bertz CT molecular complexity index is 940. The van der Waals surface area contributed by atoms with Crippen LogP contribution in [-0.4, -0.2) is 27.3 Å². The summed E-state index contributed by atoms with van der Waals surface area (Å²) in [5, 5.41) is 7.30. The van der Waals surface area contributed by atoms with Gasteiger partial charge in [0.15, 0.2) is 0 Å². The van der Waals surface area contributed by atoms with E-state index < -0.39 is 0 Å². The number of hydrogen-bond acceptors (Lipinski definition) is 5. The molecule has 0 unspecified atom stereocenters. The molecule has 0 spiro atoms. The SMILES string of the molecule is CCOC(=O)c1cnn(Cc2nc(-c3cc(C)cc(C4CC4)c3)cs2)c1. The minimum Gasteiger partial charge on any atom is -0.462 e. The predicted octanol–water partition coefficient (Wildman–Crippen LogP) is 4.42. The fourth-order valence-electron chi connectivity index (χ4n) is 3.04. The summed E-state index contributed by atoms with van der Waals surface area (Å²) >= 11 is 1.61. The van der Waals surface area contributed by atoms with Gasteiger partial charge in [0.2, 0.25) is 0 Å². The van der Waals surface area contributed by atoms with Crippen LogP contribution in [0, 0.1) is 6.92 Å². The lowest BCUT2D eigenvalue weighted by Gasteiger charge is -2.05. The Morgan fingerprint density at radius 3 is 2.96 bits per heavy atom. The topological polar surface area (TPSA) is 57.0 Å². The van der Waals surface area contributed by atoms with Crippen LogP contribution in [0.3, 0.4) is 0 Å². The number of nitrogens with zero attached hydrogens (tertiary/aromatic N) is 3. The van der Waals surface area contributed by atoms with Crippen molar-refractivity contribution in [3.8, 4) is 11.3 Å². The molecular weight excluding hydrogens is 346 g/mol. The number of esters is 1. The van der Waals surface area contributed by atoms with E-state index in [1.165, 1.54) is 35.7 Å². The second kappa shape index (κ2) is 7.03. The van der Waals surface area contributed by atoms with Crippen LogP contribution in [0.15, 0.2) is 36.0 Å². The van der Waals surface area contributed by atoms with Gasteiger partial charge in [0.25, 0.3) is 0 Å². The summed E-state index contributed by atoms with van der Waals surface area (Å²) in [6.45, 7) is 4.84. The highest BCUT2D eigenvalue weighted by Crippen LogP contribution is 2.41. The van der Waals surface area contributed by atoms with Crippen molar-refractivity contribution in [1.29, 1.82) is 0 Å². The molecule has 2 heterocycles. The van der Waals surface area contributed by atoms with Crippen molar-refractivity contribution in [2.45, 2.75) is 39.2 Å². The molecule has 26 heavy (non-hydrogen) atoms. The molecule has 5 nitrogen and oxygen atoms in total. The smallest absolute Gasteiger partial charge is 0.341 e. The highest BCUT2D eigenvalue weighted by molar-refractivity contribution is 7.09. The quantitative estimate of drug-likeness (QED) is 0.605. The maximum absolute atomic E-state index is 11.7. The molecular formula is C20H21N3O2S. The minimum atomic E-state index is -0.342. The van der Waals surface area contributed by atoms with E-state index in [1.54, 1.807) is 29.1 Å². The van der Waals surface area contributed by atoms with Gasteiger partial charge in [0.05, 0.1) is 30.6 Å². The lowest BCUT2D eigenvalue weighted by molar-refractivity contribution is 0.0526. The van der Waals surface area contributed by atoms with E-state index in [9.17, 15) is 4.79 Å². The maximum atomic E-state index is 11.7. The number of aryl methyl sites for hydroxylation is 1. The molecule has 3 aromatic rings. The fraction of sp³-hybridized carbons (Fsp3) is 0.350. The second-order valence-corrected chi connectivity index (χ2v) is 7.62. The van der Waals surface area contributed by atoms with Crippen molar-refractivity contribution in [3.63, 3.8) is 0 Å². The average Bonchev–Trinajstić information content (AvgIpc) is 3.19. The third kappa shape index (κ3) is 3.70. The molecule has 0 radical (unpaired) electrons. The Morgan fingerprint density at radius 1 is 1.35 bits per heavy atom. The Labute approximate surface area is 156 Å². The zero-order valence-electron chi connectivity index (χ0n) is 14.9. The second-order valence-electron chi connectivity index (χ2n) is 6.68. The molecule has 2 aromatic heterocycles.